The number of carbonyl (C=O) groups excluding carboxylic acids is 2. The van der Waals surface area contributed by atoms with E-state index in [0.29, 0.717) is 36.0 Å². The minimum Gasteiger partial charge on any atom is -0.397 e. The van der Waals surface area contributed by atoms with Crippen LogP contribution in [-0.2, 0) is 4.79 Å². The Hall–Kier alpha value is -2.89. The third-order valence-electron chi connectivity index (χ3n) is 4.82. The minimum absolute atomic E-state index is 0.00780. The molecule has 1 aromatic carbocycles. The Labute approximate surface area is 160 Å². The van der Waals surface area contributed by atoms with Gasteiger partial charge < -0.3 is 15.5 Å². The lowest BCUT2D eigenvalue weighted by atomic mass is 10.0. The zero-order valence-corrected chi connectivity index (χ0v) is 16.1. The molecular weight excluding hydrogens is 340 g/mol. The molecule has 0 aliphatic carbocycles. The molecule has 142 valence electrons. The number of amides is 2. The predicted octanol–water partition coefficient (Wildman–Crippen LogP) is 2.66. The van der Waals surface area contributed by atoms with E-state index in [-0.39, 0.29) is 11.8 Å². The quantitative estimate of drug-likeness (QED) is 0.902. The number of pyridine rings is 1. The van der Waals surface area contributed by atoms with Crippen molar-refractivity contribution < 1.29 is 9.59 Å². The zero-order valence-electron chi connectivity index (χ0n) is 16.1. The van der Waals surface area contributed by atoms with Gasteiger partial charge in [-0.2, -0.15) is 0 Å². The third-order valence-corrected chi connectivity index (χ3v) is 4.82. The van der Waals surface area contributed by atoms with Gasteiger partial charge in [0.1, 0.15) is 6.04 Å². The Balaban J connectivity index is 1.82. The van der Waals surface area contributed by atoms with Crippen molar-refractivity contribution in [3.63, 3.8) is 0 Å². The summed E-state index contributed by atoms with van der Waals surface area (Å²) in [4.78, 5) is 33.5. The molecule has 3 rings (SSSR count). The fourth-order valence-electron chi connectivity index (χ4n) is 3.45. The lowest BCUT2D eigenvalue weighted by molar-refractivity contribution is -0.140. The van der Waals surface area contributed by atoms with E-state index in [4.69, 9.17) is 5.73 Å². The summed E-state index contributed by atoms with van der Waals surface area (Å²) in [5.41, 5.74) is 8.55. The molecule has 6 nitrogen and oxygen atoms in total. The molecule has 1 saturated heterocycles. The van der Waals surface area contributed by atoms with Crippen molar-refractivity contribution in [1.82, 2.24) is 14.8 Å². The van der Waals surface area contributed by atoms with Gasteiger partial charge in [-0.05, 0) is 37.1 Å². The highest BCUT2D eigenvalue weighted by molar-refractivity contribution is 5.99. The summed E-state index contributed by atoms with van der Waals surface area (Å²) >= 11 is 0. The maximum absolute atomic E-state index is 13.1. The normalized spacial score (nSPS) is 17.5. The Bertz CT molecular complexity index is 850. The molecule has 2 heterocycles. The van der Waals surface area contributed by atoms with Crippen LogP contribution in [0.4, 0.5) is 5.69 Å². The standard InChI is InChI=1S/C21H26N4O2/c1-14(2)13-24-10-11-25(15(3)20(24)26)21(27)17-7-4-6-16(12-17)19-18(22)8-5-9-23-19/h4-9,12,14-15H,10-11,13,22H2,1-3H3/t15-/m0/s1. The molecule has 2 aromatic rings. The minimum atomic E-state index is -0.464. The summed E-state index contributed by atoms with van der Waals surface area (Å²) in [6, 6.07) is 10.3. The highest BCUT2D eigenvalue weighted by Crippen LogP contribution is 2.25. The number of nitrogen functional groups attached to an aromatic ring is 1. The van der Waals surface area contributed by atoms with Crippen molar-refractivity contribution in [3.05, 3.63) is 48.2 Å². The van der Waals surface area contributed by atoms with Crippen LogP contribution in [0.1, 0.15) is 31.1 Å². The molecule has 1 atom stereocenters. The topological polar surface area (TPSA) is 79.5 Å². The first-order valence-electron chi connectivity index (χ1n) is 9.29. The van der Waals surface area contributed by atoms with Crippen LogP contribution < -0.4 is 5.73 Å². The van der Waals surface area contributed by atoms with Crippen LogP contribution in [0.3, 0.4) is 0 Å². The van der Waals surface area contributed by atoms with Crippen LogP contribution >= 0.6 is 0 Å². The molecule has 1 aromatic heterocycles. The lowest BCUT2D eigenvalue weighted by Gasteiger charge is -2.39. The molecule has 2 N–H and O–H groups in total. The number of carbonyl (C=O) groups is 2. The number of hydrogen-bond donors (Lipinski definition) is 1. The van der Waals surface area contributed by atoms with Gasteiger partial charge in [0.05, 0.1) is 11.4 Å². The number of hydrogen-bond acceptors (Lipinski definition) is 4. The van der Waals surface area contributed by atoms with Crippen LogP contribution in [0.15, 0.2) is 42.6 Å². The van der Waals surface area contributed by atoms with Gasteiger partial charge in [-0.3, -0.25) is 14.6 Å². The molecule has 1 aliphatic heterocycles. The molecule has 1 fully saturated rings. The zero-order chi connectivity index (χ0) is 19.6. The summed E-state index contributed by atoms with van der Waals surface area (Å²) < 4.78 is 0. The van der Waals surface area contributed by atoms with Crippen molar-refractivity contribution >= 4 is 17.5 Å². The van der Waals surface area contributed by atoms with Crippen LogP contribution in [0, 0.1) is 5.92 Å². The number of piperazine rings is 1. The number of nitrogens with two attached hydrogens (primary N) is 1. The molecule has 27 heavy (non-hydrogen) atoms. The summed E-state index contributed by atoms with van der Waals surface area (Å²) in [5, 5.41) is 0. The van der Waals surface area contributed by atoms with E-state index in [1.807, 2.05) is 17.0 Å². The van der Waals surface area contributed by atoms with E-state index in [9.17, 15) is 9.59 Å². The molecule has 1 aliphatic rings. The second-order valence-corrected chi connectivity index (χ2v) is 7.37. The van der Waals surface area contributed by atoms with Crippen LogP contribution in [0.2, 0.25) is 0 Å². The van der Waals surface area contributed by atoms with E-state index in [0.717, 1.165) is 12.1 Å². The molecule has 0 spiro atoms. The second-order valence-electron chi connectivity index (χ2n) is 7.37. The van der Waals surface area contributed by atoms with Crippen molar-refractivity contribution in [2.45, 2.75) is 26.8 Å². The van der Waals surface area contributed by atoms with E-state index in [1.54, 1.807) is 42.3 Å². The summed E-state index contributed by atoms with van der Waals surface area (Å²) in [5.74, 6) is 0.272. The summed E-state index contributed by atoms with van der Waals surface area (Å²) in [6.07, 6.45) is 1.68. The first-order chi connectivity index (χ1) is 12.9. The molecule has 0 bridgehead atoms. The Morgan fingerprint density at radius 1 is 1.26 bits per heavy atom. The first-order valence-corrected chi connectivity index (χ1v) is 9.29. The van der Waals surface area contributed by atoms with Gasteiger partial charge in [0.15, 0.2) is 0 Å². The monoisotopic (exact) mass is 366 g/mol. The number of aromatic nitrogens is 1. The summed E-state index contributed by atoms with van der Waals surface area (Å²) in [6.45, 7) is 7.80. The number of nitrogens with zero attached hydrogens (tertiary/aromatic N) is 3. The molecule has 2 amide bonds. The van der Waals surface area contributed by atoms with E-state index >= 15 is 0 Å². The Morgan fingerprint density at radius 3 is 2.74 bits per heavy atom. The van der Waals surface area contributed by atoms with Gasteiger partial charge in [-0.1, -0.05) is 26.0 Å². The van der Waals surface area contributed by atoms with Crippen LogP contribution in [0.25, 0.3) is 11.3 Å². The largest absolute Gasteiger partial charge is 0.397 e. The highest BCUT2D eigenvalue weighted by atomic mass is 16.2. The second kappa shape index (κ2) is 7.78. The maximum Gasteiger partial charge on any atom is 0.254 e. The van der Waals surface area contributed by atoms with E-state index < -0.39 is 6.04 Å². The number of anilines is 1. The number of benzene rings is 1. The van der Waals surface area contributed by atoms with Crippen molar-refractivity contribution in [2.24, 2.45) is 5.92 Å². The smallest absolute Gasteiger partial charge is 0.254 e. The average molecular weight is 366 g/mol. The average Bonchev–Trinajstić information content (AvgIpc) is 2.65. The first kappa shape index (κ1) is 18.9. The third kappa shape index (κ3) is 3.94. The number of rotatable bonds is 4. The van der Waals surface area contributed by atoms with Gasteiger partial charge >= 0.3 is 0 Å². The SMILES string of the molecule is CC(C)CN1CCN(C(=O)c2cccc(-c3ncccc3N)c2)[C@@H](C)C1=O. The van der Waals surface area contributed by atoms with E-state index in [2.05, 4.69) is 18.8 Å². The van der Waals surface area contributed by atoms with Crippen molar-refractivity contribution in [2.75, 3.05) is 25.4 Å². The molecular formula is C21H26N4O2. The predicted molar refractivity (Wildman–Crippen MR) is 106 cm³/mol. The van der Waals surface area contributed by atoms with Crippen LogP contribution in [-0.4, -0.2) is 52.3 Å². The van der Waals surface area contributed by atoms with Crippen LogP contribution in [0.5, 0.6) is 0 Å². The molecule has 0 saturated carbocycles. The molecule has 0 radical (unpaired) electrons. The Kier molecular flexibility index (Phi) is 5.44. The highest BCUT2D eigenvalue weighted by Gasteiger charge is 2.34. The van der Waals surface area contributed by atoms with Gasteiger partial charge in [0.2, 0.25) is 5.91 Å². The van der Waals surface area contributed by atoms with Gasteiger partial charge in [0, 0.05) is 37.0 Å². The fraction of sp³-hybridized carbons (Fsp3) is 0.381. The van der Waals surface area contributed by atoms with Crippen molar-refractivity contribution in [1.29, 1.82) is 0 Å². The molecule has 0 unspecified atom stereocenters. The maximum atomic E-state index is 13.1. The Morgan fingerprint density at radius 2 is 2.04 bits per heavy atom. The van der Waals surface area contributed by atoms with Gasteiger partial charge in [0.25, 0.3) is 5.91 Å². The molecule has 6 heteroatoms. The fourth-order valence-corrected chi connectivity index (χ4v) is 3.45. The summed E-state index contributed by atoms with van der Waals surface area (Å²) in [7, 11) is 0. The van der Waals surface area contributed by atoms with E-state index in [1.165, 1.54) is 0 Å². The lowest BCUT2D eigenvalue weighted by Crippen LogP contribution is -2.58. The van der Waals surface area contributed by atoms with Gasteiger partial charge in [-0.25, -0.2) is 0 Å². The van der Waals surface area contributed by atoms with Crippen molar-refractivity contribution in [3.8, 4) is 11.3 Å². The van der Waals surface area contributed by atoms with Gasteiger partial charge in [-0.15, -0.1) is 0 Å².